The summed E-state index contributed by atoms with van der Waals surface area (Å²) in [4.78, 5) is 24.3. The van der Waals surface area contributed by atoms with Crippen LogP contribution in [0.1, 0.15) is 28.9 Å². The van der Waals surface area contributed by atoms with Gasteiger partial charge in [0.05, 0.1) is 10.6 Å². The number of anilines is 1. The summed E-state index contributed by atoms with van der Waals surface area (Å²) in [5, 5.41) is 9.10. The summed E-state index contributed by atoms with van der Waals surface area (Å²) in [6, 6.07) is 10.6. The van der Waals surface area contributed by atoms with Crippen LogP contribution in [0.5, 0.6) is 10.8 Å². The molecule has 148 valence electrons. The zero-order chi connectivity index (χ0) is 19.7. The zero-order valence-electron chi connectivity index (χ0n) is 14.8. The van der Waals surface area contributed by atoms with Crippen LogP contribution in [0.2, 0.25) is 0 Å². The number of para-hydroxylation sites is 2. The van der Waals surface area contributed by atoms with Crippen molar-refractivity contribution in [3.05, 3.63) is 41.3 Å². The van der Waals surface area contributed by atoms with E-state index in [1.54, 1.807) is 30.3 Å². The van der Waals surface area contributed by atoms with E-state index in [1.807, 2.05) is 0 Å². The smallest absolute Gasteiger partial charge is 0.315 e. The summed E-state index contributed by atoms with van der Waals surface area (Å²) in [5.41, 5.74) is 0.139. The normalized spacial score (nSPS) is 23.0. The summed E-state index contributed by atoms with van der Waals surface area (Å²) < 4.78 is 30.7. The van der Waals surface area contributed by atoms with Crippen molar-refractivity contribution in [3.8, 4) is 10.8 Å². The van der Waals surface area contributed by atoms with Crippen molar-refractivity contribution < 1.29 is 23.1 Å². The molecule has 2 fully saturated rings. The molecule has 2 aromatic rings. The summed E-state index contributed by atoms with van der Waals surface area (Å²) in [5.74, 6) is -1.33. The standard InChI is InChI=1S/C19H19F2N3O3S/c20-17(21)19(26)23-12-3-1-2-4-14(12)27-16-8-7-15(28-16)18(25)24-13-9-10-5-6-11(13)22-10/h1-4,7-8,10-11,13,17,22H,5-6,9H2,(H,23,26)(H,24,25)/t10-,11+,13-/m1/s1. The molecule has 2 bridgehead atoms. The lowest BCUT2D eigenvalue weighted by Gasteiger charge is -2.20. The Morgan fingerprint density at radius 1 is 1.18 bits per heavy atom. The Morgan fingerprint density at radius 3 is 2.71 bits per heavy atom. The predicted octanol–water partition coefficient (Wildman–Crippen LogP) is 3.37. The maximum absolute atomic E-state index is 12.5. The van der Waals surface area contributed by atoms with Crippen molar-refractivity contribution in [1.82, 2.24) is 10.6 Å². The minimum atomic E-state index is -3.12. The fourth-order valence-electron chi connectivity index (χ4n) is 3.67. The summed E-state index contributed by atoms with van der Waals surface area (Å²) in [6.45, 7) is 0. The van der Waals surface area contributed by atoms with Gasteiger partial charge in [-0.15, -0.1) is 0 Å². The van der Waals surface area contributed by atoms with Crippen molar-refractivity contribution in [2.75, 3.05) is 5.32 Å². The van der Waals surface area contributed by atoms with E-state index in [1.165, 1.54) is 6.07 Å². The minimum absolute atomic E-state index is 0.139. The number of hydrogen-bond donors (Lipinski definition) is 3. The van der Waals surface area contributed by atoms with Gasteiger partial charge in [0.15, 0.2) is 10.8 Å². The molecule has 0 saturated carbocycles. The van der Waals surface area contributed by atoms with E-state index in [2.05, 4.69) is 16.0 Å². The third kappa shape index (κ3) is 4.00. The van der Waals surface area contributed by atoms with Crippen molar-refractivity contribution in [2.45, 2.75) is 43.8 Å². The molecule has 3 N–H and O–H groups in total. The van der Waals surface area contributed by atoms with Gasteiger partial charge in [0.25, 0.3) is 11.8 Å². The van der Waals surface area contributed by atoms with E-state index in [0.29, 0.717) is 22.0 Å². The van der Waals surface area contributed by atoms with Crippen LogP contribution in [0, 0.1) is 0 Å². The van der Waals surface area contributed by atoms with Crippen LogP contribution in [0.3, 0.4) is 0 Å². The number of carbonyl (C=O) groups excluding carboxylic acids is 2. The Balaban J connectivity index is 1.41. The number of fused-ring (bicyclic) bond motifs is 2. The molecule has 1 aromatic heterocycles. The summed E-state index contributed by atoms with van der Waals surface area (Å²) in [6.07, 6.45) is 0.0679. The number of halogens is 2. The van der Waals surface area contributed by atoms with Crippen LogP contribution in [0.4, 0.5) is 14.5 Å². The van der Waals surface area contributed by atoms with Gasteiger partial charge in [-0.3, -0.25) is 9.59 Å². The molecule has 0 spiro atoms. The number of carbonyl (C=O) groups is 2. The lowest BCUT2D eigenvalue weighted by Crippen LogP contribution is -2.42. The number of hydrogen-bond acceptors (Lipinski definition) is 5. The Kier molecular flexibility index (Phi) is 5.27. The highest BCUT2D eigenvalue weighted by molar-refractivity contribution is 7.15. The first-order chi connectivity index (χ1) is 13.5. The Hall–Kier alpha value is -2.52. The fourth-order valence-corrected chi connectivity index (χ4v) is 4.45. The predicted molar refractivity (Wildman–Crippen MR) is 101 cm³/mol. The molecule has 3 atom stereocenters. The van der Waals surface area contributed by atoms with E-state index in [0.717, 1.165) is 30.6 Å². The maximum atomic E-state index is 12.5. The molecule has 2 aliphatic heterocycles. The summed E-state index contributed by atoms with van der Waals surface area (Å²) in [7, 11) is 0. The van der Waals surface area contributed by atoms with Gasteiger partial charge in [-0.2, -0.15) is 8.78 Å². The highest BCUT2D eigenvalue weighted by atomic mass is 32.1. The van der Waals surface area contributed by atoms with E-state index in [4.69, 9.17) is 4.74 Å². The quantitative estimate of drug-likeness (QED) is 0.686. The molecule has 2 saturated heterocycles. The topological polar surface area (TPSA) is 79.5 Å². The van der Waals surface area contributed by atoms with Crippen molar-refractivity contribution in [2.24, 2.45) is 0 Å². The van der Waals surface area contributed by atoms with Gasteiger partial charge >= 0.3 is 6.43 Å². The summed E-state index contributed by atoms with van der Waals surface area (Å²) >= 11 is 1.16. The molecule has 9 heteroatoms. The third-order valence-electron chi connectivity index (χ3n) is 4.98. The number of rotatable bonds is 6. The van der Waals surface area contributed by atoms with Crippen LogP contribution in [0.25, 0.3) is 0 Å². The van der Waals surface area contributed by atoms with E-state index in [-0.39, 0.29) is 23.4 Å². The largest absolute Gasteiger partial charge is 0.444 e. The number of ether oxygens (including phenoxy) is 1. The first-order valence-corrected chi connectivity index (χ1v) is 9.84. The second-order valence-electron chi connectivity index (χ2n) is 6.87. The Labute approximate surface area is 164 Å². The van der Waals surface area contributed by atoms with Gasteiger partial charge in [-0.1, -0.05) is 23.5 Å². The molecule has 6 nitrogen and oxygen atoms in total. The maximum Gasteiger partial charge on any atom is 0.315 e. The van der Waals surface area contributed by atoms with Gasteiger partial charge in [-0.25, -0.2) is 0 Å². The van der Waals surface area contributed by atoms with Crippen LogP contribution >= 0.6 is 11.3 Å². The fraction of sp³-hybridized carbons (Fsp3) is 0.368. The molecule has 2 aliphatic rings. The molecule has 0 unspecified atom stereocenters. The SMILES string of the molecule is O=C(N[C@@H]1C[C@H]2CC[C@@H]1N2)c1ccc(Oc2ccccc2NC(=O)C(F)F)s1. The average Bonchev–Trinajstić information content (AvgIpc) is 3.40. The number of alkyl halides is 2. The van der Waals surface area contributed by atoms with Gasteiger partial charge in [0.2, 0.25) is 0 Å². The van der Waals surface area contributed by atoms with Crippen LogP contribution in [0.15, 0.2) is 36.4 Å². The molecule has 1 aromatic carbocycles. The first kappa shape index (κ1) is 18.8. The molecular formula is C19H19F2N3O3S. The molecule has 3 heterocycles. The van der Waals surface area contributed by atoms with Crippen LogP contribution < -0.4 is 20.7 Å². The van der Waals surface area contributed by atoms with Gasteiger partial charge in [0.1, 0.15) is 0 Å². The molecule has 0 radical (unpaired) electrons. The second-order valence-corrected chi connectivity index (χ2v) is 7.92. The number of amides is 2. The van der Waals surface area contributed by atoms with Gasteiger partial charge in [-0.05, 0) is 43.5 Å². The number of benzene rings is 1. The molecule has 0 aliphatic carbocycles. The minimum Gasteiger partial charge on any atom is -0.444 e. The zero-order valence-corrected chi connectivity index (χ0v) is 15.6. The van der Waals surface area contributed by atoms with Crippen LogP contribution in [-0.2, 0) is 4.79 Å². The highest BCUT2D eigenvalue weighted by Crippen LogP contribution is 2.34. The van der Waals surface area contributed by atoms with Crippen molar-refractivity contribution >= 4 is 28.8 Å². The lowest BCUT2D eigenvalue weighted by molar-refractivity contribution is -0.126. The average molecular weight is 407 g/mol. The van der Waals surface area contributed by atoms with E-state index >= 15 is 0 Å². The van der Waals surface area contributed by atoms with Crippen LogP contribution in [-0.4, -0.2) is 36.4 Å². The molecule has 4 rings (SSSR count). The Morgan fingerprint density at radius 2 is 2.00 bits per heavy atom. The van der Waals surface area contributed by atoms with Gasteiger partial charge in [0, 0.05) is 18.1 Å². The van der Waals surface area contributed by atoms with Gasteiger partial charge < -0.3 is 20.7 Å². The number of nitrogens with one attached hydrogen (secondary N) is 3. The lowest BCUT2D eigenvalue weighted by atomic mass is 9.95. The Bertz CT molecular complexity index is 889. The van der Waals surface area contributed by atoms with E-state index < -0.39 is 12.3 Å². The molecule has 2 amide bonds. The molecular weight excluding hydrogens is 388 g/mol. The highest BCUT2D eigenvalue weighted by Gasteiger charge is 2.39. The van der Waals surface area contributed by atoms with Crippen molar-refractivity contribution in [1.29, 1.82) is 0 Å². The third-order valence-corrected chi connectivity index (χ3v) is 5.94. The second kappa shape index (κ2) is 7.84. The number of thiophene rings is 1. The molecule has 28 heavy (non-hydrogen) atoms. The van der Waals surface area contributed by atoms with E-state index in [9.17, 15) is 18.4 Å². The monoisotopic (exact) mass is 407 g/mol. The first-order valence-electron chi connectivity index (χ1n) is 9.02. The van der Waals surface area contributed by atoms with Crippen molar-refractivity contribution in [3.63, 3.8) is 0 Å².